The number of ether oxygens (including phenoxy) is 1. The summed E-state index contributed by atoms with van der Waals surface area (Å²) in [6.45, 7) is 6.00. The molecular formula is C22H28ClN3O3. The molecule has 2 atom stereocenters. The standard InChI is InChI=1S/C22H28ClN3O3/c1-14-8-10-17(11-9-14)12-26-21(23)20(16(3)25-26)22(28)29-13-19(27)24-18-7-5-4-6-15(18)2/h8-11,15,18H,4-7,12-13H2,1-3H3,(H,24,27)/t15-,18+/m0/s1. The van der Waals surface area contributed by atoms with Crippen LogP contribution in [0.4, 0.5) is 0 Å². The van der Waals surface area contributed by atoms with Crippen molar-refractivity contribution >= 4 is 23.5 Å². The third-order valence-corrected chi connectivity index (χ3v) is 5.90. The first-order valence-corrected chi connectivity index (χ1v) is 10.5. The molecular weight excluding hydrogens is 390 g/mol. The number of rotatable bonds is 6. The molecule has 156 valence electrons. The molecule has 0 radical (unpaired) electrons. The smallest absolute Gasteiger partial charge is 0.343 e. The number of benzene rings is 1. The van der Waals surface area contributed by atoms with Crippen LogP contribution in [0, 0.1) is 19.8 Å². The van der Waals surface area contributed by atoms with Gasteiger partial charge in [0, 0.05) is 6.04 Å². The maximum Gasteiger partial charge on any atom is 0.343 e. The maximum atomic E-state index is 12.5. The summed E-state index contributed by atoms with van der Waals surface area (Å²) in [6.07, 6.45) is 4.40. The number of aryl methyl sites for hydroxylation is 2. The lowest BCUT2D eigenvalue weighted by atomic mass is 9.86. The lowest BCUT2D eigenvalue weighted by Crippen LogP contribution is -2.42. The largest absolute Gasteiger partial charge is 0.452 e. The highest BCUT2D eigenvalue weighted by atomic mass is 35.5. The molecule has 1 N–H and O–H groups in total. The molecule has 1 aromatic carbocycles. The van der Waals surface area contributed by atoms with Gasteiger partial charge in [0.25, 0.3) is 5.91 Å². The van der Waals surface area contributed by atoms with Crippen LogP contribution in [0.15, 0.2) is 24.3 Å². The molecule has 0 spiro atoms. The van der Waals surface area contributed by atoms with Gasteiger partial charge in [0.15, 0.2) is 6.61 Å². The van der Waals surface area contributed by atoms with Gasteiger partial charge in [-0.25, -0.2) is 9.48 Å². The minimum absolute atomic E-state index is 0.150. The van der Waals surface area contributed by atoms with Crippen molar-refractivity contribution in [2.24, 2.45) is 5.92 Å². The minimum atomic E-state index is -0.630. The van der Waals surface area contributed by atoms with Crippen LogP contribution in [0.25, 0.3) is 0 Å². The molecule has 1 aromatic heterocycles. The van der Waals surface area contributed by atoms with Crippen LogP contribution in [0.2, 0.25) is 5.15 Å². The predicted octanol–water partition coefficient (Wildman–Crippen LogP) is 4.05. The van der Waals surface area contributed by atoms with E-state index in [1.165, 1.54) is 12.0 Å². The molecule has 7 heteroatoms. The summed E-state index contributed by atoms with van der Waals surface area (Å²) in [7, 11) is 0. The first-order chi connectivity index (χ1) is 13.8. The Morgan fingerprint density at radius 1 is 1.21 bits per heavy atom. The van der Waals surface area contributed by atoms with Crippen LogP contribution in [0.3, 0.4) is 0 Å². The molecule has 0 saturated heterocycles. The number of aromatic nitrogens is 2. The van der Waals surface area contributed by atoms with E-state index in [1.54, 1.807) is 11.6 Å². The van der Waals surface area contributed by atoms with E-state index >= 15 is 0 Å². The van der Waals surface area contributed by atoms with Crippen LogP contribution >= 0.6 is 11.6 Å². The average Bonchev–Trinajstić information content (AvgIpc) is 2.97. The van der Waals surface area contributed by atoms with E-state index in [9.17, 15) is 9.59 Å². The van der Waals surface area contributed by atoms with E-state index in [2.05, 4.69) is 17.3 Å². The van der Waals surface area contributed by atoms with Crippen molar-refractivity contribution in [2.75, 3.05) is 6.61 Å². The lowest BCUT2D eigenvalue weighted by molar-refractivity contribution is -0.125. The Bertz CT molecular complexity index is 876. The van der Waals surface area contributed by atoms with Crippen LogP contribution in [-0.2, 0) is 16.1 Å². The highest BCUT2D eigenvalue weighted by Crippen LogP contribution is 2.24. The maximum absolute atomic E-state index is 12.5. The number of nitrogens with one attached hydrogen (secondary N) is 1. The van der Waals surface area contributed by atoms with Gasteiger partial charge in [-0.15, -0.1) is 0 Å². The summed E-state index contributed by atoms with van der Waals surface area (Å²) in [5.74, 6) is -0.465. The second-order valence-electron chi connectivity index (χ2n) is 7.91. The number of esters is 1. The van der Waals surface area contributed by atoms with E-state index in [0.717, 1.165) is 24.8 Å². The summed E-state index contributed by atoms with van der Waals surface area (Å²) in [4.78, 5) is 24.7. The minimum Gasteiger partial charge on any atom is -0.452 e. The number of hydrogen-bond donors (Lipinski definition) is 1. The van der Waals surface area contributed by atoms with Gasteiger partial charge in [-0.1, -0.05) is 61.2 Å². The van der Waals surface area contributed by atoms with Crippen molar-refractivity contribution < 1.29 is 14.3 Å². The summed E-state index contributed by atoms with van der Waals surface area (Å²) < 4.78 is 6.79. The van der Waals surface area contributed by atoms with Crippen LogP contribution < -0.4 is 5.32 Å². The highest BCUT2D eigenvalue weighted by molar-refractivity contribution is 6.32. The Kier molecular flexibility index (Phi) is 6.96. The van der Waals surface area contributed by atoms with Gasteiger partial charge in [0.2, 0.25) is 0 Å². The fourth-order valence-electron chi connectivity index (χ4n) is 3.74. The zero-order chi connectivity index (χ0) is 21.0. The normalized spacial score (nSPS) is 19.0. The molecule has 1 fully saturated rings. The quantitative estimate of drug-likeness (QED) is 0.719. The van der Waals surface area contributed by atoms with E-state index in [-0.39, 0.29) is 29.3 Å². The van der Waals surface area contributed by atoms with Crippen molar-refractivity contribution in [1.82, 2.24) is 15.1 Å². The summed E-state index contributed by atoms with van der Waals surface area (Å²) in [5, 5.41) is 7.56. The Morgan fingerprint density at radius 3 is 2.59 bits per heavy atom. The highest BCUT2D eigenvalue weighted by Gasteiger charge is 2.25. The topological polar surface area (TPSA) is 73.2 Å². The molecule has 0 aliphatic heterocycles. The van der Waals surface area contributed by atoms with E-state index in [4.69, 9.17) is 16.3 Å². The number of hydrogen-bond acceptors (Lipinski definition) is 4. The first kappa shape index (κ1) is 21.4. The average molecular weight is 418 g/mol. The van der Waals surface area contributed by atoms with Gasteiger partial charge in [-0.3, -0.25) is 4.79 Å². The van der Waals surface area contributed by atoms with Crippen molar-refractivity contribution in [3.63, 3.8) is 0 Å². The summed E-state index contributed by atoms with van der Waals surface area (Å²) >= 11 is 6.39. The van der Waals surface area contributed by atoms with Crippen LogP contribution in [-0.4, -0.2) is 34.3 Å². The third kappa shape index (κ3) is 5.38. The molecule has 0 bridgehead atoms. The van der Waals surface area contributed by atoms with E-state index in [0.29, 0.717) is 18.2 Å². The molecule has 1 saturated carbocycles. The first-order valence-electron chi connectivity index (χ1n) is 10.1. The molecule has 1 aliphatic rings. The van der Waals surface area contributed by atoms with Crippen LogP contribution in [0.5, 0.6) is 0 Å². The second-order valence-corrected chi connectivity index (χ2v) is 8.26. The van der Waals surface area contributed by atoms with Crippen molar-refractivity contribution in [1.29, 1.82) is 0 Å². The van der Waals surface area contributed by atoms with E-state index < -0.39 is 5.97 Å². The number of carbonyl (C=O) groups excluding carboxylic acids is 2. The summed E-state index contributed by atoms with van der Waals surface area (Å²) in [6, 6.07) is 8.17. The Balaban J connectivity index is 1.59. The monoisotopic (exact) mass is 417 g/mol. The molecule has 1 amide bonds. The van der Waals surface area contributed by atoms with Crippen molar-refractivity contribution in [3.8, 4) is 0 Å². The fraction of sp³-hybridized carbons (Fsp3) is 0.500. The van der Waals surface area contributed by atoms with Gasteiger partial charge >= 0.3 is 5.97 Å². The number of carbonyl (C=O) groups is 2. The third-order valence-electron chi connectivity index (χ3n) is 5.51. The Morgan fingerprint density at radius 2 is 1.90 bits per heavy atom. The number of halogens is 1. The van der Waals surface area contributed by atoms with Gasteiger partial charge in [0.1, 0.15) is 10.7 Å². The summed E-state index contributed by atoms with van der Waals surface area (Å²) in [5.41, 5.74) is 2.88. The molecule has 3 rings (SSSR count). The van der Waals surface area contributed by atoms with Gasteiger partial charge in [0.05, 0.1) is 12.2 Å². The molecule has 1 aliphatic carbocycles. The molecule has 0 unspecified atom stereocenters. The number of nitrogens with zero attached hydrogens (tertiary/aromatic N) is 2. The molecule has 2 aromatic rings. The van der Waals surface area contributed by atoms with Crippen molar-refractivity contribution in [3.05, 3.63) is 51.8 Å². The SMILES string of the molecule is Cc1ccc(Cn2nc(C)c(C(=O)OCC(=O)N[C@@H]3CCCC[C@@H]3C)c2Cl)cc1. The Labute approximate surface area is 176 Å². The predicted molar refractivity (Wildman–Crippen MR) is 112 cm³/mol. The van der Waals surface area contributed by atoms with Crippen molar-refractivity contribution in [2.45, 2.75) is 59.0 Å². The fourth-order valence-corrected chi connectivity index (χ4v) is 4.05. The van der Waals surface area contributed by atoms with Crippen LogP contribution in [0.1, 0.15) is 59.8 Å². The molecule has 6 nitrogen and oxygen atoms in total. The van der Waals surface area contributed by atoms with Gasteiger partial charge < -0.3 is 10.1 Å². The second kappa shape index (κ2) is 9.44. The zero-order valence-electron chi connectivity index (χ0n) is 17.2. The van der Waals surface area contributed by atoms with Gasteiger partial charge in [-0.05, 0) is 38.2 Å². The van der Waals surface area contributed by atoms with E-state index in [1.807, 2.05) is 31.2 Å². The lowest BCUT2D eigenvalue weighted by Gasteiger charge is -2.29. The molecule has 29 heavy (non-hydrogen) atoms. The number of amides is 1. The van der Waals surface area contributed by atoms with Gasteiger partial charge in [-0.2, -0.15) is 5.10 Å². The Hall–Kier alpha value is -2.34. The zero-order valence-corrected chi connectivity index (χ0v) is 18.0. The molecule has 1 heterocycles.